The number of hydrogen-bond donors (Lipinski definition) is 2. The Bertz CT molecular complexity index is 457. The van der Waals surface area contributed by atoms with Gasteiger partial charge < -0.3 is 19.9 Å². The molecule has 1 aromatic rings. The number of nitrogens with one attached hydrogen (secondary N) is 1. The van der Waals surface area contributed by atoms with Crippen molar-refractivity contribution in [2.75, 3.05) is 26.4 Å². The van der Waals surface area contributed by atoms with Gasteiger partial charge in [-0.1, -0.05) is 25.1 Å². The molecule has 0 radical (unpaired) electrons. The maximum absolute atomic E-state index is 10.6. The van der Waals surface area contributed by atoms with Gasteiger partial charge in [-0.15, -0.1) is 0 Å². The monoisotopic (exact) mass is 277 g/mol. The van der Waals surface area contributed by atoms with Gasteiger partial charge in [-0.3, -0.25) is 0 Å². The average Bonchev–Trinajstić information content (AvgIpc) is 2.47. The molecule has 2 unspecified atom stereocenters. The van der Waals surface area contributed by atoms with Crippen LogP contribution in [0.4, 0.5) is 0 Å². The summed E-state index contributed by atoms with van der Waals surface area (Å²) in [6, 6.07) is 8.40. The molecule has 4 heteroatoms. The molecular weight excluding hydrogens is 254 g/mol. The van der Waals surface area contributed by atoms with Gasteiger partial charge in [0.2, 0.25) is 0 Å². The molecular formula is C16H23NO3. The van der Waals surface area contributed by atoms with Gasteiger partial charge in [-0.25, -0.2) is 0 Å². The van der Waals surface area contributed by atoms with E-state index in [0.717, 1.165) is 12.4 Å². The highest BCUT2D eigenvalue weighted by Crippen LogP contribution is 2.35. The highest BCUT2D eigenvalue weighted by atomic mass is 16.5. The van der Waals surface area contributed by atoms with Gasteiger partial charge >= 0.3 is 0 Å². The van der Waals surface area contributed by atoms with Gasteiger partial charge in [0.15, 0.2) is 0 Å². The van der Waals surface area contributed by atoms with E-state index >= 15 is 0 Å². The number of para-hydroxylation sites is 1. The van der Waals surface area contributed by atoms with E-state index < -0.39 is 5.60 Å². The first-order valence-corrected chi connectivity index (χ1v) is 7.43. The minimum Gasteiger partial charge on any atom is -0.493 e. The van der Waals surface area contributed by atoms with Gasteiger partial charge in [0.05, 0.1) is 12.2 Å². The summed E-state index contributed by atoms with van der Waals surface area (Å²) in [5, 5.41) is 14.1. The zero-order valence-electron chi connectivity index (χ0n) is 12.0. The SMILES string of the molecule is CC1COc2ccccc2C1NCC1(O)CCOCC1. The minimum absolute atomic E-state index is 0.242. The number of fused-ring (bicyclic) bond motifs is 1. The topological polar surface area (TPSA) is 50.7 Å². The number of hydrogen-bond acceptors (Lipinski definition) is 4. The van der Waals surface area contributed by atoms with Crippen LogP contribution in [-0.2, 0) is 4.74 Å². The van der Waals surface area contributed by atoms with Crippen LogP contribution in [0.25, 0.3) is 0 Å². The summed E-state index contributed by atoms with van der Waals surface area (Å²) in [7, 11) is 0. The van der Waals surface area contributed by atoms with Crippen LogP contribution in [0.15, 0.2) is 24.3 Å². The van der Waals surface area contributed by atoms with Gasteiger partial charge in [-0.2, -0.15) is 0 Å². The highest BCUT2D eigenvalue weighted by Gasteiger charge is 2.33. The largest absolute Gasteiger partial charge is 0.493 e. The van der Waals surface area contributed by atoms with Crippen molar-refractivity contribution in [1.29, 1.82) is 0 Å². The lowest BCUT2D eigenvalue weighted by atomic mass is 9.89. The Morgan fingerprint density at radius 2 is 2.05 bits per heavy atom. The van der Waals surface area contributed by atoms with Crippen molar-refractivity contribution in [2.45, 2.75) is 31.4 Å². The van der Waals surface area contributed by atoms with Crippen LogP contribution in [-0.4, -0.2) is 37.1 Å². The van der Waals surface area contributed by atoms with E-state index in [2.05, 4.69) is 18.3 Å². The zero-order chi connectivity index (χ0) is 14.0. The number of aliphatic hydroxyl groups is 1. The van der Waals surface area contributed by atoms with Crippen molar-refractivity contribution < 1.29 is 14.6 Å². The Morgan fingerprint density at radius 1 is 1.30 bits per heavy atom. The molecule has 1 aromatic carbocycles. The predicted octanol–water partition coefficient (Wildman–Crippen LogP) is 1.89. The normalized spacial score (nSPS) is 28.5. The molecule has 2 N–H and O–H groups in total. The smallest absolute Gasteiger partial charge is 0.124 e. The second kappa shape index (κ2) is 5.72. The molecule has 20 heavy (non-hydrogen) atoms. The molecule has 3 rings (SSSR count). The van der Waals surface area contributed by atoms with E-state index in [1.54, 1.807) is 0 Å². The number of rotatable bonds is 3. The van der Waals surface area contributed by atoms with Crippen LogP contribution in [0.1, 0.15) is 31.4 Å². The Labute approximate surface area is 120 Å². The summed E-state index contributed by atoms with van der Waals surface area (Å²) in [5.41, 5.74) is 0.563. The molecule has 110 valence electrons. The first kappa shape index (κ1) is 13.9. The summed E-state index contributed by atoms with van der Waals surface area (Å²) in [4.78, 5) is 0. The summed E-state index contributed by atoms with van der Waals surface area (Å²) in [5.74, 6) is 1.36. The van der Waals surface area contributed by atoms with E-state index in [1.165, 1.54) is 5.56 Å². The molecule has 0 spiro atoms. The molecule has 1 saturated heterocycles. The summed E-state index contributed by atoms with van der Waals surface area (Å²) >= 11 is 0. The van der Waals surface area contributed by atoms with Gasteiger partial charge in [0.25, 0.3) is 0 Å². The predicted molar refractivity (Wildman–Crippen MR) is 76.8 cm³/mol. The third kappa shape index (κ3) is 2.82. The fourth-order valence-electron chi connectivity index (χ4n) is 3.03. The lowest BCUT2D eigenvalue weighted by molar-refractivity contribution is -0.0640. The lowest BCUT2D eigenvalue weighted by Gasteiger charge is -2.37. The second-order valence-corrected chi connectivity index (χ2v) is 6.02. The van der Waals surface area contributed by atoms with E-state index in [9.17, 15) is 5.11 Å². The number of benzene rings is 1. The lowest BCUT2D eigenvalue weighted by Crippen LogP contribution is -2.47. The third-order valence-corrected chi connectivity index (χ3v) is 4.40. The van der Waals surface area contributed by atoms with Crippen LogP contribution < -0.4 is 10.1 Å². The fourth-order valence-corrected chi connectivity index (χ4v) is 3.03. The quantitative estimate of drug-likeness (QED) is 0.886. The first-order chi connectivity index (χ1) is 9.68. The average molecular weight is 277 g/mol. The molecule has 2 heterocycles. The van der Waals surface area contributed by atoms with E-state index in [0.29, 0.717) is 38.5 Å². The molecule has 4 nitrogen and oxygen atoms in total. The minimum atomic E-state index is -0.634. The third-order valence-electron chi connectivity index (χ3n) is 4.40. The maximum atomic E-state index is 10.6. The Balaban J connectivity index is 1.70. The van der Waals surface area contributed by atoms with Gasteiger partial charge in [0.1, 0.15) is 5.75 Å². The fraction of sp³-hybridized carbons (Fsp3) is 0.625. The molecule has 0 amide bonds. The Morgan fingerprint density at radius 3 is 2.85 bits per heavy atom. The molecule has 1 fully saturated rings. The van der Waals surface area contributed by atoms with Crippen molar-refractivity contribution in [1.82, 2.24) is 5.32 Å². The van der Waals surface area contributed by atoms with Crippen LogP contribution in [0.3, 0.4) is 0 Å². The molecule has 0 aromatic heterocycles. The molecule has 2 aliphatic heterocycles. The summed E-state index contributed by atoms with van der Waals surface area (Å²) in [6.07, 6.45) is 1.42. The van der Waals surface area contributed by atoms with Crippen molar-refractivity contribution in [3.05, 3.63) is 29.8 Å². The highest BCUT2D eigenvalue weighted by molar-refractivity contribution is 5.37. The Kier molecular flexibility index (Phi) is 3.96. The molecule has 2 atom stereocenters. The van der Waals surface area contributed by atoms with Crippen LogP contribution in [0.5, 0.6) is 5.75 Å². The summed E-state index contributed by atoms with van der Waals surface area (Å²) < 4.78 is 11.1. The Hall–Kier alpha value is -1.10. The van der Waals surface area contributed by atoms with Gasteiger partial charge in [-0.05, 0) is 6.07 Å². The zero-order valence-corrected chi connectivity index (χ0v) is 12.0. The molecule has 0 saturated carbocycles. The van der Waals surface area contributed by atoms with Crippen LogP contribution in [0, 0.1) is 5.92 Å². The molecule has 0 aliphatic carbocycles. The standard InChI is InChI=1S/C16H23NO3/c1-12-10-20-14-5-3-2-4-13(14)15(12)17-11-16(18)6-8-19-9-7-16/h2-5,12,15,17-18H,6-11H2,1H3. The second-order valence-electron chi connectivity index (χ2n) is 6.02. The van der Waals surface area contributed by atoms with Gasteiger partial charge in [0, 0.05) is 50.1 Å². The van der Waals surface area contributed by atoms with Crippen molar-refractivity contribution in [3.63, 3.8) is 0 Å². The number of ether oxygens (including phenoxy) is 2. The van der Waals surface area contributed by atoms with E-state index in [4.69, 9.17) is 9.47 Å². The maximum Gasteiger partial charge on any atom is 0.124 e. The van der Waals surface area contributed by atoms with Crippen molar-refractivity contribution >= 4 is 0 Å². The van der Waals surface area contributed by atoms with Crippen molar-refractivity contribution in [3.8, 4) is 5.75 Å². The first-order valence-electron chi connectivity index (χ1n) is 7.43. The molecule has 2 aliphatic rings. The molecule has 0 bridgehead atoms. The summed E-state index contributed by atoms with van der Waals surface area (Å²) in [6.45, 7) is 4.81. The van der Waals surface area contributed by atoms with Crippen molar-refractivity contribution in [2.24, 2.45) is 5.92 Å². The van der Waals surface area contributed by atoms with Crippen LogP contribution in [0.2, 0.25) is 0 Å². The van der Waals surface area contributed by atoms with E-state index in [-0.39, 0.29) is 6.04 Å². The van der Waals surface area contributed by atoms with E-state index in [1.807, 2.05) is 18.2 Å². The van der Waals surface area contributed by atoms with Crippen LogP contribution >= 0.6 is 0 Å².